The Morgan fingerprint density at radius 1 is 1.04 bits per heavy atom. The van der Waals surface area contributed by atoms with Crippen molar-refractivity contribution in [2.45, 2.75) is 97.1 Å². The van der Waals surface area contributed by atoms with E-state index in [-0.39, 0.29) is 34.7 Å². The zero-order valence-electron chi connectivity index (χ0n) is 17.1. The van der Waals surface area contributed by atoms with E-state index in [4.69, 9.17) is 24.0 Å². The van der Waals surface area contributed by atoms with Crippen molar-refractivity contribution in [2.24, 2.45) is 28.6 Å². The van der Waals surface area contributed by atoms with Crippen LogP contribution in [0.2, 0.25) is 0 Å². The van der Waals surface area contributed by atoms with Gasteiger partial charge in [-0.05, 0) is 50.9 Å². The monoisotopic (exact) mass is 380 g/mol. The third-order valence-corrected chi connectivity index (χ3v) is 8.17. The van der Waals surface area contributed by atoms with Gasteiger partial charge in [0.25, 0.3) is 0 Å². The molecule has 4 aliphatic heterocycles. The van der Waals surface area contributed by atoms with Crippen molar-refractivity contribution in [3.8, 4) is 0 Å². The molecule has 2 bridgehead atoms. The number of carbonyl (C=O) groups is 1. The van der Waals surface area contributed by atoms with Crippen LogP contribution < -0.4 is 0 Å². The average molecular weight is 380 g/mol. The minimum Gasteiger partial charge on any atom is -0.435 e. The van der Waals surface area contributed by atoms with Gasteiger partial charge < -0.3 is 14.2 Å². The molecule has 0 aromatic heterocycles. The molecule has 1 spiro atoms. The molecule has 0 N–H and O–H groups in total. The van der Waals surface area contributed by atoms with Crippen LogP contribution in [0.25, 0.3) is 0 Å². The lowest BCUT2D eigenvalue weighted by atomic mass is 9.60. The first-order valence-electron chi connectivity index (χ1n) is 10.5. The fourth-order valence-electron chi connectivity index (χ4n) is 6.76. The molecule has 1 aliphatic carbocycles. The Balaban J connectivity index is 1.58. The molecule has 152 valence electrons. The Morgan fingerprint density at radius 3 is 2.56 bits per heavy atom. The molecule has 8 atom stereocenters. The maximum Gasteiger partial charge on any atom is 0.316 e. The standard InChI is InChI=1S/C21H32O6/c1-12-16(22)24-17-15-14(13(2)23-17)7-10-20(25-21(12,15)27-26-20)19(5)9-6-8-18(3,4)11-19/h12-15,17H,6-11H2,1-5H3/t12-,13-,14?,15?,17?,19-,20+,21+/m0/s1. The summed E-state index contributed by atoms with van der Waals surface area (Å²) in [7, 11) is 0. The van der Waals surface area contributed by atoms with Crippen LogP contribution in [0.5, 0.6) is 0 Å². The van der Waals surface area contributed by atoms with Gasteiger partial charge in [0, 0.05) is 11.8 Å². The highest BCUT2D eigenvalue weighted by Gasteiger charge is 2.75. The van der Waals surface area contributed by atoms with E-state index in [0.29, 0.717) is 0 Å². The van der Waals surface area contributed by atoms with Crippen molar-refractivity contribution in [3.05, 3.63) is 0 Å². The summed E-state index contributed by atoms with van der Waals surface area (Å²) < 4.78 is 18.4. The van der Waals surface area contributed by atoms with Gasteiger partial charge in [-0.2, -0.15) is 9.78 Å². The van der Waals surface area contributed by atoms with Gasteiger partial charge in [0.15, 0.2) is 0 Å². The molecular weight excluding hydrogens is 348 g/mol. The van der Waals surface area contributed by atoms with Gasteiger partial charge in [-0.1, -0.05) is 27.2 Å². The Hall–Kier alpha value is -0.690. The normalized spacial score (nSPS) is 56.3. The van der Waals surface area contributed by atoms with Crippen molar-refractivity contribution < 1.29 is 28.8 Å². The second kappa shape index (κ2) is 5.47. The highest BCUT2D eigenvalue weighted by atomic mass is 17.3. The summed E-state index contributed by atoms with van der Waals surface area (Å²) in [4.78, 5) is 24.8. The summed E-state index contributed by atoms with van der Waals surface area (Å²) in [6, 6.07) is 0. The summed E-state index contributed by atoms with van der Waals surface area (Å²) in [5.74, 6) is -2.72. The number of esters is 1. The Morgan fingerprint density at radius 2 is 1.81 bits per heavy atom. The third-order valence-electron chi connectivity index (χ3n) is 8.17. The quantitative estimate of drug-likeness (QED) is 0.507. The second-order valence-electron chi connectivity index (χ2n) is 10.6. The summed E-state index contributed by atoms with van der Waals surface area (Å²) >= 11 is 0. The molecule has 27 heavy (non-hydrogen) atoms. The predicted molar refractivity (Wildman–Crippen MR) is 94.9 cm³/mol. The molecule has 0 radical (unpaired) electrons. The Kier molecular flexibility index (Phi) is 3.71. The number of fused-ring (bicyclic) bond motifs is 1. The smallest absolute Gasteiger partial charge is 0.316 e. The van der Waals surface area contributed by atoms with Gasteiger partial charge in [-0.15, -0.1) is 0 Å². The molecule has 0 aromatic rings. The van der Waals surface area contributed by atoms with Crippen molar-refractivity contribution in [1.82, 2.24) is 0 Å². The zero-order valence-corrected chi connectivity index (χ0v) is 17.1. The van der Waals surface area contributed by atoms with Gasteiger partial charge in [0.05, 0.1) is 12.0 Å². The minimum absolute atomic E-state index is 0.00850. The number of ether oxygens (including phenoxy) is 3. The molecule has 0 amide bonds. The van der Waals surface area contributed by atoms with E-state index in [1.54, 1.807) is 0 Å². The van der Waals surface area contributed by atoms with Gasteiger partial charge in [0.1, 0.15) is 5.92 Å². The molecule has 6 nitrogen and oxygen atoms in total. The summed E-state index contributed by atoms with van der Waals surface area (Å²) in [6.07, 6.45) is 5.50. The van der Waals surface area contributed by atoms with E-state index >= 15 is 0 Å². The molecule has 1 saturated carbocycles. The Bertz CT molecular complexity index is 663. The van der Waals surface area contributed by atoms with Crippen LogP contribution in [0.3, 0.4) is 0 Å². The molecule has 4 heterocycles. The van der Waals surface area contributed by atoms with Crippen molar-refractivity contribution >= 4 is 5.97 Å². The maximum absolute atomic E-state index is 12.6. The molecule has 5 fully saturated rings. The molecule has 3 unspecified atom stereocenters. The van der Waals surface area contributed by atoms with Crippen LogP contribution in [0.1, 0.15) is 73.1 Å². The molecule has 4 saturated heterocycles. The lowest BCUT2D eigenvalue weighted by molar-refractivity contribution is -0.400. The fraction of sp³-hybridized carbons (Fsp3) is 0.952. The van der Waals surface area contributed by atoms with Crippen molar-refractivity contribution in [3.63, 3.8) is 0 Å². The van der Waals surface area contributed by atoms with Crippen LogP contribution in [0.15, 0.2) is 0 Å². The Labute approximate surface area is 161 Å². The summed E-state index contributed by atoms with van der Waals surface area (Å²) in [6.45, 7) is 10.8. The lowest BCUT2D eigenvalue weighted by Crippen LogP contribution is -2.59. The van der Waals surface area contributed by atoms with Gasteiger partial charge in [0.2, 0.25) is 17.9 Å². The van der Waals surface area contributed by atoms with E-state index in [0.717, 1.165) is 32.1 Å². The fourth-order valence-corrected chi connectivity index (χ4v) is 6.76. The van der Waals surface area contributed by atoms with Crippen LogP contribution in [-0.4, -0.2) is 29.9 Å². The zero-order chi connectivity index (χ0) is 19.2. The maximum atomic E-state index is 12.6. The number of carbonyl (C=O) groups excluding carboxylic acids is 1. The molecular formula is C21H32O6. The minimum atomic E-state index is -1.11. The summed E-state index contributed by atoms with van der Waals surface area (Å²) in [5.41, 5.74) is 0.0833. The van der Waals surface area contributed by atoms with E-state index in [1.165, 1.54) is 6.42 Å². The molecule has 6 heteroatoms. The van der Waals surface area contributed by atoms with Crippen LogP contribution in [0.4, 0.5) is 0 Å². The molecule has 5 rings (SSSR count). The third kappa shape index (κ3) is 2.30. The SMILES string of the molecule is C[C@@H]1OC2OC(=O)[C@H](C)[C@@]34OO[C@@]([C@@]5(C)CCCC(C)(C)C5)(CCC1C23)O4. The van der Waals surface area contributed by atoms with Crippen LogP contribution >= 0.6 is 0 Å². The topological polar surface area (TPSA) is 63.2 Å². The highest BCUT2D eigenvalue weighted by Crippen LogP contribution is 2.65. The average Bonchev–Trinajstić information content (AvgIpc) is 3.03. The first kappa shape index (κ1) is 18.3. The first-order valence-corrected chi connectivity index (χ1v) is 10.5. The van der Waals surface area contributed by atoms with E-state index < -0.39 is 23.8 Å². The largest absolute Gasteiger partial charge is 0.435 e. The van der Waals surface area contributed by atoms with E-state index in [1.807, 2.05) is 6.92 Å². The number of hydrogen-bond acceptors (Lipinski definition) is 6. The number of hydrogen-bond donors (Lipinski definition) is 0. The van der Waals surface area contributed by atoms with E-state index in [9.17, 15) is 4.79 Å². The highest BCUT2D eigenvalue weighted by molar-refractivity contribution is 5.74. The predicted octanol–water partition coefficient (Wildman–Crippen LogP) is 3.93. The van der Waals surface area contributed by atoms with Crippen molar-refractivity contribution in [1.29, 1.82) is 0 Å². The second-order valence-corrected chi connectivity index (χ2v) is 10.6. The van der Waals surface area contributed by atoms with E-state index in [2.05, 4.69) is 27.7 Å². The lowest BCUT2D eigenvalue weighted by Gasteiger charge is -2.50. The van der Waals surface area contributed by atoms with Crippen LogP contribution in [-0.2, 0) is 28.8 Å². The molecule has 0 aromatic carbocycles. The first-order chi connectivity index (χ1) is 12.6. The van der Waals surface area contributed by atoms with Crippen molar-refractivity contribution in [2.75, 3.05) is 0 Å². The van der Waals surface area contributed by atoms with Gasteiger partial charge in [-0.25, -0.2) is 0 Å². The number of rotatable bonds is 1. The summed E-state index contributed by atoms with van der Waals surface area (Å²) in [5, 5.41) is 0. The van der Waals surface area contributed by atoms with Crippen LogP contribution in [0, 0.1) is 28.6 Å². The van der Waals surface area contributed by atoms with Gasteiger partial charge in [-0.3, -0.25) is 4.79 Å². The van der Waals surface area contributed by atoms with Gasteiger partial charge >= 0.3 is 5.97 Å². The molecule has 5 aliphatic rings.